The lowest BCUT2D eigenvalue weighted by atomic mass is 10.0. The summed E-state index contributed by atoms with van der Waals surface area (Å²) in [6.07, 6.45) is 0. The van der Waals surface area contributed by atoms with Crippen molar-refractivity contribution in [3.8, 4) is 6.07 Å². The van der Waals surface area contributed by atoms with E-state index >= 15 is 0 Å². The van der Waals surface area contributed by atoms with Crippen LogP contribution in [0.15, 0.2) is 102 Å². The van der Waals surface area contributed by atoms with Crippen molar-refractivity contribution < 1.29 is 4.79 Å². The molecule has 0 saturated carbocycles. The molecule has 0 aromatic heterocycles. The topological polar surface area (TPSA) is 71.7 Å². The molecule has 0 aliphatic carbocycles. The predicted octanol–water partition coefficient (Wildman–Crippen LogP) is 6.20. The third-order valence-corrected chi connectivity index (χ3v) is 5.93. The normalized spacial score (nSPS) is 12.7. The number of amidine groups is 1. The SMILES string of the molecule is N#Cc1ccc(N2NC(c3cccc(Cl)c3)=NN2c2ccc(C(=O)c3ccccc3)cc2)c(Cl)c1. The van der Waals surface area contributed by atoms with Crippen LogP contribution in [-0.4, -0.2) is 11.6 Å². The van der Waals surface area contributed by atoms with Gasteiger partial charge in [0.25, 0.3) is 0 Å². The summed E-state index contributed by atoms with van der Waals surface area (Å²) >= 11 is 12.7. The molecule has 0 atom stereocenters. The van der Waals surface area contributed by atoms with Gasteiger partial charge in [-0.1, -0.05) is 65.7 Å². The lowest BCUT2D eigenvalue weighted by molar-refractivity contribution is 0.103. The van der Waals surface area contributed by atoms with Crippen LogP contribution < -0.4 is 15.7 Å². The van der Waals surface area contributed by atoms with Crippen molar-refractivity contribution in [1.29, 1.82) is 5.26 Å². The molecule has 0 spiro atoms. The first-order chi connectivity index (χ1) is 17.0. The van der Waals surface area contributed by atoms with Gasteiger partial charge in [-0.25, -0.2) is 0 Å². The zero-order valence-corrected chi connectivity index (χ0v) is 19.7. The number of hydrazone groups is 1. The van der Waals surface area contributed by atoms with E-state index in [1.807, 2.05) is 42.5 Å². The second-order valence-corrected chi connectivity index (χ2v) is 8.54. The molecule has 6 nitrogen and oxygen atoms in total. The van der Waals surface area contributed by atoms with Gasteiger partial charge in [-0.15, -0.1) is 5.10 Å². The minimum Gasteiger partial charge on any atom is -0.289 e. The van der Waals surface area contributed by atoms with Crippen LogP contribution in [0.5, 0.6) is 0 Å². The van der Waals surface area contributed by atoms with E-state index in [4.69, 9.17) is 28.3 Å². The van der Waals surface area contributed by atoms with Gasteiger partial charge in [0.05, 0.1) is 22.3 Å². The summed E-state index contributed by atoms with van der Waals surface area (Å²) < 4.78 is 0. The van der Waals surface area contributed by atoms with E-state index in [1.165, 1.54) is 0 Å². The van der Waals surface area contributed by atoms with E-state index in [2.05, 4.69) is 11.5 Å². The summed E-state index contributed by atoms with van der Waals surface area (Å²) in [6, 6.07) is 30.7. The molecule has 170 valence electrons. The van der Waals surface area contributed by atoms with Crippen LogP contribution in [0.1, 0.15) is 27.0 Å². The van der Waals surface area contributed by atoms with E-state index in [0.29, 0.717) is 43.9 Å². The third-order valence-electron chi connectivity index (χ3n) is 5.40. The van der Waals surface area contributed by atoms with Crippen molar-refractivity contribution in [1.82, 2.24) is 5.43 Å². The highest BCUT2D eigenvalue weighted by atomic mass is 35.5. The quantitative estimate of drug-likeness (QED) is 0.332. The van der Waals surface area contributed by atoms with E-state index < -0.39 is 0 Å². The van der Waals surface area contributed by atoms with Crippen molar-refractivity contribution in [2.45, 2.75) is 0 Å². The summed E-state index contributed by atoms with van der Waals surface area (Å²) in [4.78, 5) is 12.8. The lowest BCUT2D eigenvalue weighted by Crippen LogP contribution is -2.44. The van der Waals surface area contributed by atoms with Crippen LogP contribution in [0.4, 0.5) is 11.4 Å². The van der Waals surface area contributed by atoms with Crippen molar-refractivity contribution in [3.05, 3.63) is 129 Å². The standard InChI is InChI=1S/C27H17Cl2N5O/c28-22-8-4-7-21(16-22)27-31-33(34(32-27)25-14-9-18(17-30)15-24(25)29)23-12-10-20(11-13-23)26(35)19-5-2-1-3-6-19/h1-16H,(H,31,32). The molecule has 4 aromatic carbocycles. The lowest BCUT2D eigenvalue weighted by Gasteiger charge is -2.28. The predicted molar refractivity (Wildman–Crippen MR) is 139 cm³/mol. The smallest absolute Gasteiger partial charge is 0.193 e. The number of hydrazine groups is 2. The molecule has 0 unspecified atom stereocenters. The number of anilines is 2. The number of hydrogen-bond acceptors (Lipinski definition) is 6. The highest BCUT2D eigenvalue weighted by Crippen LogP contribution is 2.32. The highest BCUT2D eigenvalue weighted by Gasteiger charge is 2.28. The van der Waals surface area contributed by atoms with E-state index in [9.17, 15) is 10.1 Å². The van der Waals surface area contributed by atoms with Crippen LogP contribution in [0.25, 0.3) is 0 Å². The van der Waals surface area contributed by atoms with Gasteiger partial charge >= 0.3 is 0 Å². The van der Waals surface area contributed by atoms with Crippen LogP contribution in [0.3, 0.4) is 0 Å². The van der Waals surface area contributed by atoms with Gasteiger partial charge in [0.1, 0.15) is 5.69 Å². The first-order valence-corrected chi connectivity index (χ1v) is 11.4. The number of nitriles is 1. The molecule has 0 bridgehead atoms. The molecule has 0 amide bonds. The summed E-state index contributed by atoms with van der Waals surface area (Å²) in [5.41, 5.74) is 6.96. The Morgan fingerprint density at radius 3 is 2.29 bits per heavy atom. The summed E-state index contributed by atoms with van der Waals surface area (Å²) in [5, 5.41) is 18.2. The average molecular weight is 498 g/mol. The van der Waals surface area contributed by atoms with Crippen molar-refractivity contribution >= 4 is 46.2 Å². The molecular formula is C27H17Cl2N5O. The maximum atomic E-state index is 12.8. The number of ketones is 1. The van der Waals surface area contributed by atoms with Gasteiger partial charge < -0.3 is 0 Å². The molecule has 0 radical (unpaired) electrons. The molecule has 0 fully saturated rings. The summed E-state index contributed by atoms with van der Waals surface area (Å²) in [7, 11) is 0. The number of carbonyl (C=O) groups is 1. The highest BCUT2D eigenvalue weighted by molar-refractivity contribution is 6.33. The molecule has 1 heterocycles. The molecule has 4 aromatic rings. The maximum absolute atomic E-state index is 12.8. The van der Waals surface area contributed by atoms with Crippen LogP contribution in [-0.2, 0) is 0 Å². The summed E-state index contributed by atoms with van der Waals surface area (Å²) in [6.45, 7) is 0. The fourth-order valence-corrected chi connectivity index (χ4v) is 4.10. The van der Waals surface area contributed by atoms with Crippen molar-refractivity contribution in [2.75, 3.05) is 10.2 Å². The van der Waals surface area contributed by atoms with Crippen molar-refractivity contribution in [3.63, 3.8) is 0 Å². The first kappa shape index (κ1) is 22.5. The third kappa shape index (κ3) is 4.56. The van der Waals surface area contributed by atoms with Crippen LogP contribution in [0.2, 0.25) is 10.0 Å². The average Bonchev–Trinajstić information content (AvgIpc) is 3.34. The Labute approximate surface area is 212 Å². The molecule has 1 aliphatic rings. The van der Waals surface area contributed by atoms with Crippen LogP contribution >= 0.6 is 23.2 Å². The largest absolute Gasteiger partial charge is 0.289 e. The Hall–Kier alpha value is -4.31. The van der Waals surface area contributed by atoms with E-state index in [1.54, 1.807) is 64.8 Å². The molecule has 35 heavy (non-hydrogen) atoms. The Morgan fingerprint density at radius 2 is 1.60 bits per heavy atom. The monoisotopic (exact) mass is 497 g/mol. The van der Waals surface area contributed by atoms with Gasteiger partial charge in [0, 0.05) is 21.7 Å². The fraction of sp³-hybridized carbons (Fsp3) is 0. The van der Waals surface area contributed by atoms with Gasteiger partial charge in [-0.2, -0.15) is 15.5 Å². The Bertz CT molecular complexity index is 1480. The minimum absolute atomic E-state index is 0.0631. The first-order valence-electron chi connectivity index (χ1n) is 10.6. The summed E-state index contributed by atoms with van der Waals surface area (Å²) in [5.74, 6) is 0.490. The van der Waals surface area contributed by atoms with Crippen LogP contribution in [0, 0.1) is 11.3 Å². The molecule has 0 saturated heterocycles. The zero-order valence-electron chi connectivity index (χ0n) is 18.2. The zero-order chi connectivity index (χ0) is 24.4. The number of rotatable bonds is 5. The van der Waals surface area contributed by atoms with Gasteiger partial charge in [-0.3, -0.25) is 10.2 Å². The fourth-order valence-electron chi connectivity index (χ4n) is 3.65. The van der Waals surface area contributed by atoms with Gasteiger partial charge in [0.2, 0.25) is 0 Å². The molecule has 1 N–H and O–H groups in total. The Kier molecular flexibility index (Phi) is 6.11. The number of nitrogens with zero attached hydrogens (tertiary/aromatic N) is 4. The van der Waals surface area contributed by atoms with Gasteiger partial charge in [0.15, 0.2) is 11.6 Å². The second kappa shape index (κ2) is 9.51. The Balaban J connectivity index is 1.52. The number of benzene rings is 4. The minimum atomic E-state index is -0.0631. The maximum Gasteiger partial charge on any atom is 0.193 e. The van der Waals surface area contributed by atoms with Gasteiger partial charge in [-0.05, 0) is 54.6 Å². The number of carbonyl (C=O) groups excluding carboxylic acids is 1. The van der Waals surface area contributed by atoms with E-state index in [0.717, 1.165) is 5.56 Å². The van der Waals surface area contributed by atoms with E-state index in [-0.39, 0.29) is 5.78 Å². The van der Waals surface area contributed by atoms with Crippen molar-refractivity contribution in [2.24, 2.45) is 5.10 Å². The molecule has 8 heteroatoms. The molecule has 1 aliphatic heterocycles. The number of halogens is 2. The molecule has 5 rings (SSSR count). The number of hydrogen-bond donors (Lipinski definition) is 1. The second-order valence-electron chi connectivity index (χ2n) is 7.69. The number of nitrogens with one attached hydrogen (secondary N) is 1. The Morgan fingerprint density at radius 1 is 0.857 bits per heavy atom. The molecular weight excluding hydrogens is 481 g/mol.